The van der Waals surface area contributed by atoms with Crippen molar-refractivity contribution in [2.24, 2.45) is 33.7 Å². The van der Waals surface area contributed by atoms with Crippen LogP contribution in [0.1, 0.15) is 50.5 Å². The Hall–Kier alpha value is -4.40. The quantitative estimate of drug-likeness (QED) is 0.0465. The zero-order valence-corrected chi connectivity index (χ0v) is 23.3. The van der Waals surface area contributed by atoms with Gasteiger partial charge in [0.15, 0.2) is 5.96 Å². The summed E-state index contributed by atoms with van der Waals surface area (Å²) in [6.07, 6.45) is 2.50. The second-order valence-electron chi connectivity index (χ2n) is 9.47. The molecule has 0 radical (unpaired) electrons. The first-order valence-electron chi connectivity index (χ1n) is 13.6. The first-order valence-corrected chi connectivity index (χ1v) is 13.6. The summed E-state index contributed by atoms with van der Waals surface area (Å²) in [6.45, 7) is 0.802. The molecule has 1 rings (SSSR count). The molecule has 0 saturated carbocycles. The van der Waals surface area contributed by atoms with E-state index in [2.05, 4.69) is 26.3 Å². The van der Waals surface area contributed by atoms with Gasteiger partial charge >= 0.3 is 6.03 Å². The molecule has 0 aliphatic carbocycles. The van der Waals surface area contributed by atoms with Crippen LogP contribution in [0.3, 0.4) is 0 Å². The molecule has 14 N–H and O–H groups in total. The zero-order valence-electron chi connectivity index (χ0n) is 23.3. The van der Waals surface area contributed by atoms with Crippen molar-refractivity contribution in [1.82, 2.24) is 21.3 Å². The summed E-state index contributed by atoms with van der Waals surface area (Å²) in [5.74, 6) is -2.45. The second-order valence-corrected chi connectivity index (χ2v) is 9.47. The Labute approximate surface area is 239 Å². The SMILES string of the molecule is NCCCC[C@H](NC(=O)Cc1ccccc1)C(=O)N[C@@H](CCCNC(N)=O)C(=O)N[C@@H](CCCN=C(N)N)C(N)=O. The normalized spacial score (nSPS) is 12.7. The fourth-order valence-electron chi connectivity index (χ4n) is 3.91. The molecule has 228 valence electrons. The highest BCUT2D eigenvalue weighted by Gasteiger charge is 2.28. The van der Waals surface area contributed by atoms with Gasteiger partial charge in [0.25, 0.3) is 0 Å². The van der Waals surface area contributed by atoms with E-state index in [9.17, 15) is 24.0 Å². The average molecular weight is 577 g/mol. The Kier molecular flexibility index (Phi) is 16.6. The van der Waals surface area contributed by atoms with Crippen molar-refractivity contribution in [3.8, 4) is 0 Å². The minimum Gasteiger partial charge on any atom is -0.370 e. The Morgan fingerprint density at radius 3 is 1.90 bits per heavy atom. The van der Waals surface area contributed by atoms with E-state index in [1.807, 2.05) is 18.2 Å². The zero-order chi connectivity index (χ0) is 30.6. The number of guanidine groups is 1. The van der Waals surface area contributed by atoms with Gasteiger partial charge in [-0.2, -0.15) is 0 Å². The van der Waals surface area contributed by atoms with E-state index in [-0.39, 0.29) is 50.6 Å². The van der Waals surface area contributed by atoms with E-state index < -0.39 is 41.9 Å². The predicted molar refractivity (Wildman–Crippen MR) is 155 cm³/mol. The van der Waals surface area contributed by atoms with Gasteiger partial charge in [-0.05, 0) is 57.1 Å². The maximum absolute atomic E-state index is 13.3. The number of rotatable bonds is 20. The summed E-state index contributed by atoms with van der Waals surface area (Å²) in [7, 11) is 0. The first-order chi connectivity index (χ1) is 19.5. The number of unbranched alkanes of at least 4 members (excludes halogenated alkanes) is 1. The fraction of sp³-hybridized carbons (Fsp3) is 0.538. The number of urea groups is 1. The van der Waals surface area contributed by atoms with E-state index in [1.165, 1.54) is 0 Å². The number of nitrogens with zero attached hydrogens (tertiary/aromatic N) is 1. The van der Waals surface area contributed by atoms with E-state index in [0.717, 1.165) is 5.56 Å². The van der Waals surface area contributed by atoms with Gasteiger partial charge in [0, 0.05) is 13.1 Å². The van der Waals surface area contributed by atoms with E-state index in [4.69, 9.17) is 28.7 Å². The van der Waals surface area contributed by atoms with Crippen LogP contribution in [0, 0.1) is 0 Å². The Morgan fingerprint density at radius 2 is 1.32 bits per heavy atom. The molecule has 41 heavy (non-hydrogen) atoms. The number of aliphatic imine (C=N–C) groups is 1. The van der Waals surface area contributed by atoms with Crippen LogP contribution in [0.5, 0.6) is 0 Å². The number of nitrogens with one attached hydrogen (secondary N) is 4. The minimum atomic E-state index is -1.10. The lowest BCUT2D eigenvalue weighted by molar-refractivity contribution is -0.133. The van der Waals surface area contributed by atoms with Crippen LogP contribution in [0.4, 0.5) is 4.79 Å². The number of carbonyl (C=O) groups is 5. The molecule has 15 heteroatoms. The molecule has 0 unspecified atom stereocenters. The van der Waals surface area contributed by atoms with Crippen molar-refractivity contribution in [2.45, 2.75) is 69.5 Å². The van der Waals surface area contributed by atoms with Gasteiger partial charge in [-0.3, -0.25) is 24.2 Å². The van der Waals surface area contributed by atoms with Gasteiger partial charge in [0.1, 0.15) is 18.1 Å². The summed E-state index contributed by atoms with van der Waals surface area (Å²) in [5, 5.41) is 10.4. The van der Waals surface area contributed by atoms with E-state index in [0.29, 0.717) is 32.2 Å². The van der Waals surface area contributed by atoms with Crippen molar-refractivity contribution in [2.75, 3.05) is 19.6 Å². The molecular formula is C26H44N10O5. The summed E-state index contributed by atoms with van der Waals surface area (Å²) in [4.78, 5) is 66.1. The van der Waals surface area contributed by atoms with Gasteiger partial charge < -0.3 is 49.9 Å². The number of amides is 6. The van der Waals surface area contributed by atoms with E-state index in [1.54, 1.807) is 12.1 Å². The molecule has 1 aromatic rings. The highest BCUT2D eigenvalue weighted by Crippen LogP contribution is 2.07. The van der Waals surface area contributed by atoms with Crippen molar-refractivity contribution < 1.29 is 24.0 Å². The predicted octanol–water partition coefficient (Wildman–Crippen LogP) is -2.20. The van der Waals surface area contributed by atoms with Crippen LogP contribution in [-0.2, 0) is 25.6 Å². The molecular weight excluding hydrogens is 532 g/mol. The molecule has 15 nitrogen and oxygen atoms in total. The average Bonchev–Trinajstić information content (AvgIpc) is 2.91. The third-order valence-electron chi connectivity index (χ3n) is 6.01. The van der Waals surface area contributed by atoms with Crippen LogP contribution in [0.15, 0.2) is 35.3 Å². The third-order valence-corrected chi connectivity index (χ3v) is 6.01. The number of hydrogen-bond donors (Lipinski definition) is 9. The van der Waals surface area contributed by atoms with Gasteiger partial charge in [0.2, 0.25) is 23.6 Å². The Balaban J connectivity index is 2.98. The molecule has 6 amide bonds. The summed E-state index contributed by atoms with van der Waals surface area (Å²) in [5.41, 5.74) is 27.6. The lowest BCUT2D eigenvalue weighted by Gasteiger charge is -2.25. The van der Waals surface area contributed by atoms with Crippen LogP contribution in [0.25, 0.3) is 0 Å². The van der Waals surface area contributed by atoms with Gasteiger partial charge in [-0.1, -0.05) is 30.3 Å². The molecule has 0 saturated heterocycles. The number of benzene rings is 1. The highest BCUT2D eigenvalue weighted by molar-refractivity contribution is 5.94. The van der Waals surface area contributed by atoms with Crippen molar-refractivity contribution in [3.05, 3.63) is 35.9 Å². The minimum absolute atomic E-state index is 0.0738. The Bertz CT molecular complexity index is 1020. The number of primary amides is 2. The maximum Gasteiger partial charge on any atom is 0.312 e. The molecule has 0 fully saturated rings. The largest absolute Gasteiger partial charge is 0.370 e. The molecule has 0 heterocycles. The van der Waals surface area contributed by atoms with E-state index >= 15 is 0 Å². The number of hydrogen-bond acceptors (Lipinski definition) is 7. The molecule has 0 aliphatic heterocycles. The van der Waals surface area contributed by atoms with Gasteiger partial charge in [-0.15, -0.1) is 0 Å². The monoisotopic (exact) mass is 576 g/mol. The van der Waals surface area contributed by atoms with Crippen molar-refractivity contribution in [1.29, 1.82) is 0 Å². The fourth-order valence-corrected chi connectivity index (χ4v) is 3.91. The van der Waals surface area contributed by atoms with Crippen LogP contribution < -0.4 is 49.9 Å². The first kappa shape index (κ1) is 34.6. The molecule has 1 aromatic carbocycles. The summed E-state index contributed by atoms with van der Waals surface area (Å²) >= 11 is 0. The number of nitrogens with two attached hydrogens (primary N) is 5. The standard InChI is InChI=1S/C26H44N10O5/c27-13-5-4-10-19(34-21(37)16-17-8-2-1-3-9-17)23(39)36-20(12-7-15-33-26(31)41)24(40)35-18(22(28)38)11-6-14-32-25(29)30/h1-3,8-9,18-20H,4-7,10-16,27H2,(H2,28,38)(H,34,37)(H,35,40)(H,36,39)(H4,29,30,32)(H3,31,33,41)/t18-,19-,20-/m0/s1. The molecule has 0 aromatic heterocycles. The summed E-state index contributed by atoms with van der Waals surface area (Å²) in [6, 6.07) is 5.27. The lowest BCUT2D eigenvalue weighted by atomic mass is 10.0. The topological polar surface area (TPSA) is 276 Å². The van der Waals surface area contributed by atoms with Crippen molar-refractivity contribution in [3.63, 3.8) is 0 Å². The smallest absolute Gasteiger partial charge is 0.312 e. The van der Waals surface area contributed by atoms with Crippen LogP contribution in [0.2, 0.25) is 0 Å². The van der Waals surface area contributed by atoms with Gasteiger partial charge in [-0.25, -0.2) is 4.79 Å². The van der Waals surface area contributed by atoms with Crippen LogP contribution in [-0.4, -0.2) is 73.4 Å². The Morgan fingerprint density at radius 1 is 0.732 bits per heavy atom. The maximum atomic E-state index is 13.3. The van der Waals surface area contributed by atoms with Crippen LogP contribution >= 0.6 is 0 Å². The van der Waals surface area contributed by atoms with Gasteiger partial charge in [0.05, 0.1) is 6.42 Å². The highest BCUT2D eigenvalue weighted by atomic mass is 16.2. The number of carbonyl (C=O) groups excluding carboxylic acids is 5. The summed E-state index contributed by atoms with van der Waals surface area (Å²) < 4.78 is 0. The third kappa shape index (κ3) is 15.7. The molecule has 3 atom stereocenters. The molecule has 0 aliphatic rings. The lowest BCUT2D eigenvalue weighted by Crippen LogP contribution is -2.56. The second kappa shape index (κ2) is 19.6. The molecule has 0 spiro atoms. The van der Waals surface area contributed by atoms with Crippen molar-refractivity contribution >= 4 is 35.6 Å². The molecule has 0 bridgehead atoms.